The van der Waals surface area contributed by atoms with E-state index in [-0.39, 0.29) is 12.1 Å². The minimum absolute atomic E-state index is 0.146. The highest BCUT2D eigenvalue weighted by Crippen LogP contribution is 2.35. The summed E-state index contributed by atoms with van der Waals surface area (Å²) < 4.78 is 5.33. The Balaban J connectivity index is 1.86. The molecule has 1 atom stereocenters. The Kier molecular flexibility index (Phi) is 5.04. The van der Waals surface area contributed by atoms with Crippen LogP contribution >= 0.6 is 0 Å². The van der Waals surface area contributed by atoms with Crippen molar-refractivity contribution < 1.29 is 9.53 Å². The molecular weight excluding hydrogens is 352 g/mol. The zero-order chi connectivity index (χ0) is 19.5. The molecule has 6 heteroatoms. The van der Waals surface area contributed by atoms with Crippen molar-refractivity contribution in [2.24, 2.45) is 0 Å². The Hall–Kier alpha value is -3.25. The van der Waals surface area contributed by atoms with Gasteiger partial charge >= 0.3 is 0 Å². The lowest BCUT2D eigenvalue weighted by Crippen LogP contribution is -2.47. The van der Waals surface area contributed by atoms with E-state index in [1.54, 1.807) is 19.5 Å². The zero-order valence-corrected chi connectivity index (χ0v) is 15.9. The Bertz CT molecular complexity index is 977. The number of aromatic nitrogens is 2. The first-order valence-corrected chi connectivity index (χ1v) is 9.18. The number of hydrogen-bond donors (Lipinski definition) is 1. The molecule has 0 fully saturated rings. The summed E-state index contributed by atoms with van der Waals surface area (Å²) in [6.07, 6.45) is 3.15. The molecule has 1 aliphatic rings. The maximum Gasteiger partial charge on any atom is 0.257 e. The average molecular weight is 374 g/mol. The van der Waals surface area contributed by atoms with Crippen molar-refractivity contribution in [1.29, 1.82) is 0 Å². The summed E-state index contributed by atoms with van der Waals surface area (Å²) in [4.78, 5) is 24.1. The van der Waals surface area contributed by atoms with Gasteiger partial charge in [0.05, 0.1) is 12.2 Å². The van der Waals surface area contributed by atoms with Gasteiger partial charge in [-0.05, 0) is 30.2 Å². The van der Waals surface area contributed by atoms with Crippen molar-refractivity contribution in [2.75, 3.05) is 12.0 Å². The third kappa shape index (κ3) is 3.46. The first kappa shape index (κ1) is 18.1. The molecule has 2 aromatic heterocycles. The SMILES string of the molecule is COCc1cc(C)nc2c1C(=O)NC(c1cccnc1)N2Cc1ccccc1. The minimum atomic E-state index is -0.349. The number of amides is 1. The molecule has 3 heterocycles. The van der Waals surface area contributed by atoms with Crippen molar-refractivity contribution >= 4 is 11.7 Å². The Morgan fingerprint density at radius 2 is 2.00 bits per heavy atom. The summed E-state index contributed by atoms with van der Waals surface area (Å²) in [6.45, 7) is 2.90. The van der Waals surface area contributed by atoms with Gasteiger partial charge in [0.2, 0.25) is 0 Å². The number of anilines is 1. The summed E-state index contributed by atoms with van der Waals surface area (Å²) >= 11 is 0. The third-order valence-electron chi connectivity index (χ3n) is 4.78. The lowest BCUT2D eigenvalue weighted by Gasteiger charge is -2.39. The predicted octanol–water partition coefficient (Wildman–Crippen LogP) is 3.38. The van der Waals surface area contributed by atoms with Crippen molar-refractivity contribution in [3.63, 3.8) is 0 Å². The van der Waals surface area contributed by atoms with Crippen LogP contribution in [0.2, 0.25) is 0 Å². The number of hydrogen-bond acceptors (Lipinski definition) is 5. The number of nitrogens with one attached hydrogen (secondary N) is 1. The molecule has 0 spiro atoms. The van der Waals surface area contributed by atoms with Crippen LogP contribution in [0.1, 0.15) is 38.9 Å². The predicted molar refractivity (Wildman–Crippen MR) is 107 cm³/mol. The fourth-order valence-electron chi connectivity index (χ4n) is 3.59. The van der Waals surface area contributed by atoms with Crippen molar-refractivity contribution in [3.8, 4) is 0 Å². The van der Waals surface area contributed by atoms with Gasteiger partial charge in [0, 0.05) is 37.3 Å². The van der Waals surface area contributed by atoms with Gasteiger partial charge in [0.15, 0.2) is 0 Å². The first-order valence-electron chi connectivity index (χ1n) is 9.18. The lowest BCUT2D eigenvalue weighted by molar-refractivity contribution is 0.0919. The van der Waals surface area contributed by atoms with Crippen LogP contribution in [0.3, 0.4) is 0 Å². The van der Waals surface area contributed by atoms with Crippen LogP contribution in [0.5, 0.6) is 0 Å². The number of carbonyl (C=O) groups is 1. The standard InChI is InChI=1S/C22H22N4O2/c1-15-11-18(14-28-2)19-21(24-15)26(13-16-7-4-3-5-8-16)20(25-22(19)27)17-9-6-10-23-12-17/h3-12,20H,13-14H2,1-2H3,(H,25,27). The number of carbonyl (C=O) groups excluding carboxylic acids is 1. The Morgan fingerprint density at radius 1 is 1.18 bits per heavy atom. The van der Waals surface area contributed by atoms with Crippen LogP contribution in [0.25, 0.3) is 0 Å². The molecular formula is C22H22N4O2. The highest BCUT2D eigenvalue weighted by molar-refractivity contribution is 6.02. The van der Waals surface area contributed by atoms with Crippen LogP contribution in [-0.2, 0) is 17.9 Å². The zero-order valence-electron chi connectivity index (χ0n) is 15.9. The molecule has 1 aromatic carbocycles. The minimum Gasteiger partial charge on any atom is -0.380 e. The van der Waals surface area contributed by atoms with Crippen LogP contribution in [-0.4, -0.2) is 23.0 Å². The average Bonchev–Trinajstić information content (AvgIpc) is 2.71. The molecule has 0 aliphatic carbocycles. The van der Waals surface area contributed by atoms with Gasteiger partial charge in [0.1, 0.15) is 12.0 Å². The second-order valence-corrected chi connectivity index (χ2v) is 6.83. The molecule has 1 aliphatic heterocycles. The lowest BCUT2D eigenvalue weighted by atomic mass is 10.0. The first-order chi connectivity index (χ1) is 13.7. The molecule has 4 rings (SSSR count). The van der Waals surface area contributed by atoms with Crippen molar-refractivity contribution in [3.05, 3.63) is 88.9 Å². The van der Waals surface area contributed by atoms with E-state index in [0.717, 1.165) is 22.4 Å². The van der Waals surface area contributed by atoms with Crippen LogP contribution < -0.4 is 10.2 Å². The Labute approximate surface area is 164 Å². The Morgan fingerprint density at radius 3 is 2.71 bits per heavy atom. The molecule has 0 saturated heterocycles. The topological polar surface area (TPSA) is 67.3 Å². The molecule has 28 heavy (non-hydrogen) atoms. The van der Waals surface area contributed by atoms with Gasteiger partial charge in [-0.2, -0.15) is 0 Å². The second-order valence-electron chi connectivity index (χ2n) is 6.83. The van der Waals surface area contributed by atoms with Gasteiger partial charge in [0.25, 0.3) is 5.91 Å². The summed E-state index contributed by atoms with van der Waals surface area (Å²) in [7, 11) is 1.63. The molecule has 6 nitrogen and oxygen atoms in total. The molecule has 3 aromatic rings. The van der Waals surface area contributed by atoms with Gasteiger partial charge in [-0.15, -0.1) is 0 Å². The van der Waals surface area contributed by atoms with E-state index < -0.39 is 0 Å². The van der Waals surface area contributed by atoms with E-state index in [2.05, 4.69) is 27.3 Å². The number of rotatable bonds is 5. The quantitative estimate of drug-likeness (QED) is 0.742. The number of fused-ring (bicyclic) bond motifs is 1. The van der Waals surface area contributed by atoms with E-state index in [1.165, 1.54) is 0 Å². The third-order valence-corrected chi connectivity index (χ3v) is 4.78. The summed E-state index contributed by atoms with van der Waals surface area (Å²) in [6, 6.07) is 15.9. The molecule has 0 saturated carbocycles. The normalized spacial score (nSPS) is 15.9. The number of aryl methyl sites for hydroxylation is 1. The molecule has 1 amide bonds. The molecule has 142 valence electrons. The van der Waals surface area contributed by atoms with Crippen LogP contribution in [0.4, 0.5) is 5.82 Å². The molecule has 1 unspecified atom stereocenters. The van der Waals surface area contributed by atoms with E-state index >= 15 is 0 Å². The van der Waals surface area contributed by atoms with Gasteiger partial charge in [-0.3, -0.25) is 9.78 Å². The number of ether oxygens (including phenoxy) is 1. The number of methoxy groups -OCH3 is 1. The maximum absolute atomic E-state index is 13.0. The second kappa shape index (κ2) is 7.78. The fraction of sp³-hybridized carbons (Fsp3) is 0.227. The van der Waals surface area contributed by atoms with Crippen LogP contribution in [0.15, 0.2) is 60.9 Å². The molecule has 0 radical (unpaired) electrons. The van der Waals surface area contributed by atoms with Crippen molar-refractivity contribution in [1.82, 2.24) is 15.3 Å². The number of pyridine rings is 2. The fourth-order valence-corrected chi connectivity index (χ4v) is 3.59. The van der Waals surface area contributed by atoms with E-state index in [0.29, 0.717) is 24.5 Å². The maximum atomic E-state index is 13.0. The summed E-state index contributed by atoms with van der Waals surface area (Å²) in [5.41, 5.74) is 4.31. The summed E-state index contributed by atoms with van der Waals surface area (Å²) in [5, 5.41) is 3.13. The van der Waals surface area contributed by atoms with Gasteiger partial charge in [-0.1, -0.05) is 36.4 Å². The summed E-state index contributed by atoms with van der Waals surface area (Å²) in [5.74, 6) is 0.529. The van der Waals surface area contributed by atoms with Gasteiger partial charge < -0.3 is 15.0 Å². The monoisotopic (exact) mass is 374 g/mol. The highest BCUT2D eigenvalue weighted by atomic mass is 16.5. The van der Waals surface area contributed by atoms with Crippen LogP contribution in [0, 0.1) is 6.92 Å². The molecule has 1 N–H and O–H groups in total. The highest BCUT2D eigenvalue weighted by Gasteiger charge is 2.35. The van der Waals surface area contributed by atoms with E-state index in [1.807, 2.05) is 43.3 Å². The van der Waals surface area contributed by atoms with Crippen molar-refractivity contribution in [2.45, 2.75) is 26.2 Å². The van der Waals surface area contributed by atoms with Gasteiger partial charge in [-0.25, -0.2) is 4.98 Å². The molecule has 0 bridgehead atoms. The van der Waals surface area contributed by atoms with E-state index in [4.69, 9.17) is 9.72 Å². The van der Waals surface area contributed by atoms with E-state index in [9.17, 15) is 4.79 Å². The smallest absolute Gasteiger partial charge is 0.257 e. The number of nitrogens with zero attached hydrogens (tertiary/aromatic N) is 3. The number of benzene rings is 1. The largest absolute Gasteiger partial charge is 0.380 e.